The smallest absolute Gasteiger partial charge is 0.134 e. The number of furan rings is 1. The third kappa shape index (κ3) is 3.77. The molecule has 2 rings (SSSR count). The number of rotatable bonds is 8. The molecule has 0 aliphatic carbocycles. The summed E-state index contributed by atoms with van der Waals surface area (Å²) in [5.41, 5.74) is 2.35. The van der Waals surface area contributed by atoms with Crippen LogP contribution in [0.25, 0.3) is 11.0 Å². The van der Waals surface area contributed by atoms with Crippen LogP contribution in [0.1, 0.15) is 31.1 Å². The van der Waals surface area contributed by atoms with Crippen LogP contribution in [0.2, 0.25) is 0 Å². The lowest BCUT2D eigenvalue weighted by atomic mass is 10.1. The van der Waals surface area contributed by atoms with Crippen molar-refractivity contribution in [1.29, 1.82) is 0 Å². The van der Waals surface area contributed by atoms with Gasteiger partial charge in [-0.15, -0.1) is 0 Å². The van der Waals surface area contributed by atoms with Gasteiger partial charge in [-0.2, -0.15) is 11.8 Å². The quantitative estimate of drug-likeness (QED) is 0.731. The van der Waals surface area contributed by atoms with Crippen LogP contribution in [-0.4, -0.2) is 18.6 Å². The summed E-state index contributed by atoms with van der Waals surface area (Å²) in [6.07, 6.45) is 5.66. The van der Waals surface area contributed by atoms with E-state index in [2.05, 4.69) is 36.7 Å². The number of unbranched alkanes of at least 4 members (excludes halogenated alkanes) is 1. The summed E-state index contributed by atoms with van der Waals surface area (Å²) in [6, 6.07) is 8.32. The van der Waals surface area contributed by atoms with E-state index in [0.29, 0.717) is 0 Å². The first-order chi connectivity index (χ1) is 9.36. The highest BCUT2D eigenvalue weighted by atomic mass is 32.2. The summed E-state index contributed by atoms with van der Waals surface area (Å²) in [6.45, 7) is 4.16. The van der Waals surface area contributed by atoms with Crippen molar-refractivity contribution in [2.45, 2.75) is 32.7 Å². The molecule has 19 heavy (non-hydrogen) atoms. The Morgan fingerprint density at radius 3 is 2.84 bits per heavy atom. The van der Waals surface area contributed by atoms with Crippen molar-refractivity contribution in [3.05, 3.63) is 35.6 Å². The van der Waals surface area contributed by atoms with Crippen LogP contribution in [0.3, 0.4) is 0 Å². The summed E-state index contributed by atoms with van der Waals surface area (Å²) in [5.74, 6) is 2.38. The minimum absolute atomic E-state index is 0.916. The van der Waals surface area contributed by atoms with Gasteiger partial charge in [-0.25, -0.2) is 0 Å². The SMILES string of the molecule is CCc1oc2ccccc2c1CNCCCCSC. The molecule has 2 nitrogen and oxygen atoms in total. The molecule has 0 saturated carbocycles. The Balaban J connectivity index is 1.95. The molecule has 0 atom stereocenters. The van der Waals surface area contributed by atoms with Gasteiger partial charge in [0.2, 0.25) is 0 Å². The van der Waals surface area contributed by atoms with E-state index >= 15 is 0 Å². The number of aryl methyl sites for hydroxylation is 1. The second-order valence-corrected chi connectivity index (χ2v) is 5.72. The fourth-order valence-electron chi connectivity index (χ4n) is 2.34. The molecule has 0 spiro atoms. The first kappa shape index (κ1) is 14.5. The van der Waals surface area contributed by atoms with Crippen molar-refractivity contribution in [1.82, 2.24) is 5.32 Å². The zero-order chi connectivity index (χ0) is 13.5. The van der Waals surface area contributed by atoms with Crippen molar-refractivity contribution in [3.63, 3.8) is 0 Å². The lowest BCUT2D eigenvalue weighted by Gasteiger charge is -2.05. The number of fused-ring (bicyclic) bond motifs is 1. The third-order valence-electron chi connectivity index (χ3n) is 3.36. The maximum absolute atomic E-state index is 5.90. The molecule has 2 aromatic rings. The lowest BCUT2D eigenvalue weighted by molar-refractivity contribution is 0.542. The normalized spacial score (nSPS) is 11.3. The summed E-state index contributed by atoms with van der Waals surface area (Å²) in [7, 11) is 0. The average molecular weight is 277 g/mol. The minimum Gasteiger partial charge on any atom is -0.461 e. The van der Waals surface area contributed by atoms with Crippen LogP contribution in [0.4, 0.5) is 0 Å². The predicted octanol–water partition coefficient (Wildman–Crippen LogP) is 4.23. The van der Waals surface area contributed by atoms with Crippen LogP contribution < -0.4 is 5.32 Å². The summed E-state index contributed by atoms with van der Waals surface area (Å²) >= 11 is 1.92. The zero-order valence-electron chi connectivity index (χ0n) is 11.9. The number of hydrogen-bond donors (Lipinski definition) is 1. The molecule has 0 saturated heterocycles. The molecule has 0 bridgehead atoms. The predicted molar refractivity (Wildman–Crippen MR) is 84.9 cm³/mol. The van der Waals surface area contributed by atoms with E-state index in [0.717, 1.165) is 30.9 Å². The highest BCUT2D eigenvalue weighted by Gasteiger charge is 2.11. The van der Waals surface area contributed by atoms with Gasteiger partial charge in [0.05, 0.1) is 0 Å². The Hall–Kier alpha value is -0.930. The van der Waals surface area contributed by atoms with Gasteiger partial charge in [0.15, 0.2) is 0 Å². The van der Waals surface area contributed by atoms with Crippen molar-refractivity contribution in [2.75, 3.05) is 18.6 Å². The van der Waals surface area contributed by atoms with Crippen LogP contribution in [0.15, 0.2) is 28.7 Å². The number of hydrogen-bond acceptors (Lipinski definition) is 3. The van der Waals surface area contributed by atoms with E-state index in [1.807, 2.05) is 17.8 Å². The number of nitrogens with one attached hydrogen (secondary N) is 1. The van der Waals surface area contributed by atoms with Gasteiger partial charge in [-0.1, -0.05) is 25.1 Å². The summed E-state index contributed by atoms with van der Waals surface area (Å²) in [5, 5.41) is 4.80. The molecule has 1 heterocycles. The second kappa shape index (κ2) is 7.61. The number of benzene rings is 1. The van der Waals surface area contributed by atoms with E-state index in [1.54, 1.807) is 0 Å². The molecular formula is C16H23NOS. The maximum Gasteiger partial charge on any atom is 0.134 e. The van der Waals surface area contributed by atoms with Gasteiger partial charge in [0.25, 0.3) is 0 Å². The minimum atomic E-state index is 0.916. The zero-order valence-corrected chi connectivity index (χ0v) is 12.7. The highest BCUT2D eigenvalue weighted by Crippen LogP contribution is 2.26. The number of para-hydroxylation sites is 1. The van der Waals surface area contributed by atoms with Gasteiger partial charge in [-0.05, 0) is 37.5 Å². The fourth-order valence-corrected chi connectivity index (χ4v) is 2.83. The standard InChI is InChI=1S/C16H23NOS/c1-3-15-14(12-17-10-6-7-11-19-2)13-8-4-5-9-16(13)18-15/h4-5,8-9,17H,3,6-7,10-12H2,1-2H3. The molecular weight excluding hydrogens is 254 g/mol. The molecule has 0 radical (unpaired) electrons. The molecule has 0 unspecified atom stereocenters. The molecule has 1 aromatic carbocycles. The largest absolute Gasteiger partial charge is 0.461 e. The van der Waals surface area contributed by atoms with Crippen LogP contribution in [-0.2, 0) is 13.0 Å². The van der Waals surface area contributed by atoms with E-state index in [9.17, 15) is 0 Å². The Morgan fingerprint density at radius 2 is 2.05 bits per heavy atom. The van der Waals surface area contributed by atoms with Gasteiger partial charge in [0.1, 0.15) is 11.3 Å². The second-order valence-electron chi connectivity index (χ2n) is 4.73. The maximum atomic E-state index is 5.90. The Morgan fingerprint density at radius 1 is 1.21 bits per heavy atom. The van der Waals surface area contributed by atoms with E-state index in [1.165, 1.54) is 29.5 Å². The molecule has 1 aromatic heterocycles. The Bertz CT molecular complexity index is 506. The third-order valence-corrected chi connectivity index (χ3v) is 4.05. The monoisotopic (exact) mass is 277 g/mol. The Labute approximate surface area is 119 Å². The van der Waals surface area contributed by atoms with Gasteiger partial charge >= 0.3 is 0 Å². The molecule has 1 N–H and O–H groups in total. The molecule has 3 heteroatoms. The van der Waals surface area contributed by atoms with Crippen molar-refractivity contribution in [3.8, 4) is 0 Å². The lowest BCUT2D eigenvalue weighted by Crippen LogP contribution is -2.15. The van der Waals surface area contributed by atoms with E-state index in [4.69, 9.17) is 4.42 Å². The molecule has 104 valence electrons. The van der Waals surface area contributed by atoms with Gasteiger partial charge < -0.3 is 9.73 Å². The summed E-state index contributed by atoms with van der Waals surface area (Å²) in [4.78, 5) is 0. The van der Waals surface area contributed by atoms with Crippen LogP contribution in [0, 0.1) is 0 Å². The van der Waals surface area contributed by atoms with Crippen molar-refractivity contribution >= 4 is 22.7 Å². The number of thioether (sulfide) groups is 1. The fraction of sp³-hybridized carbons (Fsp3) is 0.500. The first-order valence-corrected chi connectivity index (χ1v) is 8.45. The van der Waals surface area contributed by atoms with Crippen molar-refractivity contribution in [2.24, 2.45) is 0 Å². The van der Waals surface area contributed by atoms with Gasteiger partial charge in [0, 0.05) is 23.9 Å². The van der Waals surface area contributed by atoms with Crippen LogP contribution in [0.5, 0.6) is 0 Å². The average Bonchev–Trinajstić information content (AvgIpc) is 2.81. The molecule has 0 fully saturated rings. The topological polar surface area (TPSA) is 25.2 Å². The van der Waals surface area contributed by atoms with Crippen molar-refractivity contribution < 1.29 is 4.42 Å². The Kier molecular flexibility index (Phi) is 5.80. The van der Waals surface area contributed by atoms with Gasteiger partial charge in [-0.3, -0.25) is 0 Å². The molecule has 0 amide bonds. The highest BCUT2D eigenvalue weighted by molar-refractivity contribution is 7.98. The first-order valence-electron chi connectivity index (χ1n) is 7.05. The summed E-state index contributed by atoms with van der Waals surface area (Å²) < 4.78 is 5.90. The molecule has 0 aliphatic heterocycles. The van der Waals surface area contributed by atoms with E-state index in [-0.39, 0.29) is 0 Å². The van der Waals surface area contributed by atoms with E-state index < -0.39 is 0 Å². The molecule has 0 aliphatic rings. The van der Waals surface area contributed by atoms with Crippen LogP contribution >= 0.6 is 11.8 Å².